The van der Waals surface area contributed by atoms with Gasteiger partial charge in [-0.1, -0.05) is 0 Å². The van der Waals surface area contributed by atoms with Crippen molar-refractivity contribution in [3.63, 3.8) is 0 Å². The van der Waals surface area contributed by atoms with Gasteiger partial charge in [-0.15, -0.1) is 0 Å². The molecule has 0 saturated carbocycles. The van der Waals surface area contributed by atoms with Crippen LogP contribution < -0.4 is 5.56 Å². The molecule has 3 heterocycles. The van der Waals surface area contributed by atoms with E-state index in [1.165, 1.54) is 12.3 Å². The number of hydrogen-bond acceptors (Lipinski definition) is 3. The number of hydrogen-bond donors (Lipinski definition) is 1. The van der Waals surface area contributed by atoms with Crippen molar-refractivity contribution in [2.45, 2.75) is 12.5 Å². The first-order chi connectivity index (χ1) is 9.24. The third kappa shape index (κ3) is 2.29. The summed E-state index contributed by atoms with van der Waals surface area (Å²) >= 11 is 0. The number of carbonyl (C=O) groups excluding carboxylic acids is 1. The molecule has 6 heteroatoms. The zero-order valence-electron chi connectivity index (χ0n) is 10.3. The average molecular weight is 258 g/mol. The van der Waals surface area contributed by atoms with Crippen molar-refractivity contribution in [2.75, 3.05) is 13.1 Å². The molecule has 1 aliphatic rings. The molecule has 3 rings (SSSR count). The molecular formula is C13H14N4O2. The zero-order valence-corrected chi connectivity index (χ0v) is 10.3. The molecule has 19 heavy (non-hydrogen) atoms. The van der Waals surface area contributed by atoms with E-state index in [1.807, 2.05) is 16.9 Å². The van der Waals surface area contributed by atoms with Crippen molar-refractivity contribution in [1.82, 2.24) is 19.7 Å². The summed E-state index contributed by atoms with van der Waals surface area (Å²) in [5.74, 6) is -0.0501. The Morgan fingerprint density at radius 3 is 3.00 bits per heavy atom. The Labute approximate surface area is 109 Å². The molecule has 0 bridgehead atoms. The van der Waals surface area contributed by atoms with E-state index >= 15 is 0 Å². The summed E-state index contributed by atoms with van der Waals surface area (Å²) in [5, 5.41) is 4.21. The van der Waals surface area contributed by atoms with Crippen LogP contribution in [0.15, 0.2) is 41.6 Å². The predicted molar refractivity (Wildman–Crippen MR) is 68.8 cm³/mol. The zero-order chi connectivity index (χ0) is 13.2. The van der Waals surface area contributed by atoms with Gasteiger partial charge in [0.05, 0.1) is 11.6 Å². The second-order valence-corrected chi connectivity index (χ2v) is 4.62. The highest BCUT2D eigenvalue weighted by Crippen LogP contribution is 2.21. The van der Waals surface area contributed by atoms with Crippen LogP contribution in [0.5, 0.6) is 0 Å². The summed E-state index contributed by atoms with van der Waals surface area (Å²) in [6.07, 6.45) is 6.02. The summed E-state index contributed by atoms with van der Waals surface area (Å²) in [5.41, 5.74) is 0.313. The van der Waals surface area contributed by atoms with Gasteiger partial charge in [-0.3, -0.25) is 14.3 Å². The summed E-state index contributed by atoms with van der Waals surface area (Å²) in [6.45, 7) is 1.36. The third-order valence-electron chi connectivity index (χ3n) is 3.38. The Morgan fingerprint density at radius 2 is 2.32 bits per heavy atom. The minimum absolute atomic E-state index is 0.0501. The molecule has 0 aromatic carbocycles. The Morgan fingerprint density at radius 1 is 1.42 bits per heavy atom. The molecule has 2 aromatic heterocycles. The van der Waals surface area contributed by atoms with Gasteiger partial charge < -0.3 is 9.88 Å². The minimum atomic E-state index is -0.201. The van der Waals surface area contributed by atoms with Crippen LogP contribution in [-0.2, 0) is 0 Å². The van der Waals surface area contributed by atoms with Crippen molar-refractivity contribution in [3.8, 4) is 0 Å². The first-order valence-corrected chi connectivity index (χ1v) is 6.21. The van der Waals surface area contributed by atoms with Gasteiger partial charge in [-0.25, -0.2) is 0 Å². The number of nitrogens with zero attached hydrogens (tertiary/aromatic N) is 3. The molecule has 1 unspecified atom stereocenters. The van der Waals surface area contributed by atoms with Crippen LogP contribution >= 0.6 is 0 Å². The van der Waals surface area contributed by atoms with Gasteiger partial charge in [-0.05, 0) is 18.6 Å². The number of aromatic amines is 1. The monoisotopic (exact) mass is 258 g/mol. The quantitative estimate of drug-likeness (QED) is 0.860. The van der Waals surface area contributed by atoms with Gasteiger partial charge >= 0.3 is 0 Å². The predicted octanol–water partition coefficient (Wildman–Crippen LogP) is 0.659. The SMILES string of the molecule is O=C(c1ccc(=O)[nH]c1)N1CCC(n2cccn2)C1. The summed E-state index contributed by atoms with van der Waals surface area (Å²) < 4.78 is 1.89. The number of H-pyrrole nitrogens is 1. The molecule has 1 aliphatic heterocycles. The first-order valence-electron chi connectivity index (χ1n) is 6.21. The maximum atomic E-state index is 12.2. The third-order valence-corrected chi connectivity index (χ3v) is 3.38. The van der Waals surface area contributed by atoms with E-state index in [9.17, 15) is 9.59 Å². The molecular weight excluding hydrogens is 244 g/mol. The smallest absolute Gasteiger partial charge is 0.255 e. The number of likely N-dealkylation sites (tertiary alicyclic amines) is 1. The lowest BCUT2D eigenvalue weighted by molar-refractivity contribution is 0.0786. The van der Waals surface area contributed by atoms with Crippen molar-refractivity contribution in [1.29, 1.82) is 0 Å². The number of nitrogens with one attached hydrogen (secondary N) is 1. The standard InChI is InChI=1S/C13H14N4O2/c18-12-3-2-10(8-14-12)13(19)16-7-4-11(9-16)17-6-1-5-15-17/h1-3,5-6,8,11H,4,7,9H2,(H,14,18). The van der Waals surface area contributed by atoms with Crippen LogP contribution in [0.3, 0.4) is 0 Å². The van der Waals surface area contributed by atoms with E-state index in [1.54, 1.807) is 17.2 Å². The van der Waals surface area contributed by atoms with E-state index in [0.29, 0.717) is 18.7 Å². The fourth-order valence-corrected chi connectivity index (χ4v) is 2.37. The highest BCUT2D eigenvalue weighted by atomic mass is 16.2. The van der Waals surface area contributed by atoms with E-state index in [4.69, 9.17) is 0 Å². The van der Waals surface area contributed by atoms with E-state index < -0.39 is 0 Å². The first kappa shape index (κ1) is 11.7. The van der Waals surface area contributed by atoms with Gasteiger partial charge in [-0.2, -0.15) is 5.10 Å². The Bertz CT molecular complexity index is 612. The molecule has 1 N–H and O–H groups in total. The van der Waals surface area contributed by atoms with Gasteiger partial charge in [0, 0.05) is 37.7 Å². The lowest BCUT2D eigenvalue weighted by atomic mass is 10.2. The highest BCUT2D eigenvalue weighted by molar-refractivity contribution is 5.94. The Hall–Kier alpha value is -2.37. The second-order valence-electron chi connectivity index (χ2n) is 4.62. The molecule has 1 atom stereocenters. The van der Waals surface area contributed by atoms with E-state index in [2.05, 4.69) is 10.1 Å². The van der Waals surface area contributed by atoms with Crippen molar-refractivity contribution < 1.29 is 4.79 Å². The fourth-order valence-electron chi connectivity index (χ4n) is 2.37. The van der Waals surface area contributed by atoms with Crippen LogP contribution in [-0.4, -0.2) is 38.7 Å². The average Bonchev–Trinajstić information content (AvgIpc) is 3.10. The molecule has 0 radical (unpaired) electrons. The van der Waals surface area contributed by atoms with Gasteiger partial charge in [0.1, 0.15) is 0 Å². The molecule has 1 saturated heterocycles. The van der Waals surface area contributed by atoms with Gasteiger partial charge in [0.25, 0.3) is 5.91 Å². The molecule has 6 nitrogen and oxygen atoms in total. The summed E-state index contributed by atoms with van der Waals surface area (Å²) in [6, 6.07) is 5.05. The number of carbonyl (C=O) groups is 1. The van der Waals surface area contributed by atoms with E-state index in [0.717, 1.165) is 6.42 Å². The van der Waals surface area contributed by atoms with Crippen LogP contribution in [0.1, 0.15) is 22.8 Å². The molecule has 2 aromatic rings. The molecule has 1 amide bonds. The number of rotatable bonds is 2. The highest BCUT2D eigenvalue weighted by Gasteiger charge is 2.28. The largest absolute Gasteiger partial charge is 0.336 e. The van der Waals surface area contributed by atoms with Crippen LogP contribution in [0.25, 0.3) is 0 Å². The van der Waals surface area contributed by atoms with Crippen LogP contribution in [0, 0.1) is 0 Å². The number of aromatic nitrogens is 3. The molecule has 0 spiro atoms. The van der Waals surface area contributed by atoms with E-state index in [-0.39, 0.29) is 17.5 Å². The van der Waals surface area contributed by atoms with Crippen molar-refractivity contribution in [3.05, 3.63) is 52.7 Å². The lowest BCUT2D eigenvalue weighted by Crippen LogP contribution is -2.29. The minimum Gasteiger partial charge on any atom is -0.336 e. The van der Waals surface area contributed by atoms with Gasteiger partial charge in [0.15, 0.2) is 0 Å². The number of pyridine rings is 1. The van der Waals surface area contributed by atoms with Crippen LogP contribution in [0.4, 0.5) is 0 Å². The lowest BCUT2D eigenvalue weighted by Gasteiger charge is -2.16. The van der Waals surface area contributed by atoms with Crippen molar-refractivity contribution >= 4 is 5.91 Å². The second kappa shape index (κ2) is 4.72. The normalized spacial score (nSPS) is 18.7. The summed E-state index contributed by atoms with van der Waals surface area (Å²) in [7, 11) is 0. The van der Waals surface area contributed by atoms with Gasteiger partial charge in [0.2, 0.25) is 5.56 Å². The molecule has 98 valence electrons. The fraction of sp³-hybridized carbons (Fsp3) is 0.308. The van der Waals surface area contributed by atoms with Crippen LogP contribution in [0.2, 0.25) is 0 Å². The Balaban J connectivity index is 1.72. The Kier molecular flexibility index (Phi) is 2.91. The molecule has 1 fully saturated rings. The number of amides is 1. The topological polar surface area (TPSA) is 71.0 Å². The van der Waals surface area contributed by atoms with Crippen molar-refractivity contribution in [2.24, 2.45) is 0 Å². The summed E-state index contributed by atoms with van der Waals surface area (Å²) in [4.78, 5) is 27.5. The molecule has 0 aliphatic carbocycles. The maximum Gasteiger partial charge on any atom is 0.255 e. The maximum absolute atomic E-state index is 12.2.